The molecule has 0 bridgehead atoms. The van der Waals surface area contributed by atoms with Crippen LogP contribution in [0.4, 0.5) is 0 Å². The first-order valence-corrected chi connectivity index (χ1v) is 6.95. The van der Waals surface area contributed by atoms with Crippen molar-refractivity contribution in [1.29, 1.82) is 0 Å². The number of nitrogens with zero attached hydrogens (tertiary/aromatic N) is 2. The molecule has 1 aliphatic rings. The van der Waals surface area contributed by atoms with Gasteiger partial charge in [0.1, 0.15) is 5.84 Å². The van der Waals surface area contributed by atoms with E-state index in [1.165, 1.54) is 6.42 Å². The molecular weight excluding hydrogens is 238 g/mol. The highest BCUT2D eigenvalue weighted by molar-refractivity contribution is 8.00. The summed E-state index contributed by atoms with van der Waals surface area (Å²) in [5.41, 5.74) is 5.50. The van der Waals surface area contributed by atoms with Crippen LogP contribution in [0.25, 0.3) is 0 Å². The number of hydrogen-bond donors (Lipinski definition) is 2. The first-order valence-electron chi connectivity index (χ1n) is 5.90. The summed E-state index contributed by atoms with van der Waals surface area (Å²) in [6.07, 6.45) is 3.30. The molecule has 17 heavy (non-hydrogen) atoms. The Kier molecular flexibility index (Phi) is 5.61. The van der Waals surface area contributed by atoms with E-state index < -0.39 is 0 Å². The topological polar surface area (TPSA) is 78.9 Å². The van der Waals surface area contributed by atoms with Crippen LogP contribution in [0, 0.1) is 5.92 Å². The van der Waals surface area contributed by atoms with Crippen molar-refractivity contribution >= 4 is 23.5 Å². The Labute approximate surface area is 106 Å². The van der Waals surface area contributed by atoms with Crippen LogP contribution >= 0.6 is 11.8 Å². The van der Waals surface area contributed by atoms with E-state index in [4.69, 9.17) is 10.9 Å². The van der Waals surface area contributed by atoms with Gasteiger partial charge in [-0.05, 0) is 18.6 Å². The maximum absolute atomic E-state index is 12.1. The largest absolute Gasteiger partial charge is 0.409 e. The van der Waals surface area contributed by atoms with E-state index in [9.17, 15) is 4.79 Å². The lowest BCUT2D eigenvalue weighted by molar-refractivity contribution is -0.129. The van der Waals surface area contributed by atoms with E-state index in [0.29, 0.717) is 6.54 Å². The summed E-state index contributed by atoms with van der Waals surface area (Å²) in [4.78, 5) is 13.8. The fourth-order valence-electron chi connectivity index (χ4n) is 1.87. The highest BCUT2D eigenvalue weighted by atomic mass is 32.2. The van der Waals surface area contributed by atoms with Crippen LogP contribution < -0.4 is 5.73 Å². The molecule has 0 spiro atoms. The van der Waals surface area contributed by atoms with Crippen LogP contribution in [0.3, 0.4) is 0 Å². The Morgan fingerprint density at radius 1 is 1.65 bits per heavy atom. The van der Waals surface area contributed by atoms with Gasteiger partial charge in [0.2, 0.25) is 5.91 Å². The van der Waals surface area contributed by atoms with Crippen molar-refractivity contribution in [2.45, 2.75) is 31.4 Å². The van der Waals surface area contributed by atoms with Crippen LogP contribution in [0.5, 0.6) is 0 Å². The normalized spacial score (nSPS) is 23.2. The molecule has 5 nitrogen and oxygen atoms in total. The monoisotopic (exact) mass is 259 g/mol. The van der Waals surface area contributed by atoms with Gasteiger partial charge in [-0.3, -0.25) is 4.79 Å². The molecule has 1 amide bonds. The molecule has 1 heterocycles. The number of amides is 1. The van der Waals surface area contributed by atoms with Gasteiger partial charge in [-0.1, -0.05) is 18.5 Å². The maximum Gasteiger partial charge on any atom is 0.235 e. The summed E-state index contributed by atoms with van der Waals surface area (Å²) < 4.78 is 0. The predicted octanol–water partition coefficient (Wildman–Crippen LogP) is 1.11. The number of amidine groups is 1. The maximum atomic E-state index is 12.1. The van der Waals surface area contributed by atoms with Crippen LogP contribution in [-0.4, -0.2) is 46.4 Å². The quantitative estimate of drug-likeness (QED) is 0.343. The molecule has 1 saturated heterocycles. The SMILES string of the molecule is CC(CN(C)C(=O)C1CCCCS1)C(N)=NO. The van der Waals surface area contributed by atoms with Crippen molar-refractivity contribution < 1.29 is 10.0 Å². The second-order valence-corrected chi connectivity index (χ2v) is 5.81. The zero-order valence-electron chi connectivity index (χ0n) is 10.4. The minimum Gasteiger partial charge on any atom is -0.409 e. The number of oxime groups is 1. The number of carbonyl (C=O) groups excluding carboxylic acids is 1. The standard InChI is InChI=1S/C11H21N3O2S/c1-8(10(12)13-16)7-14(2)11(15)9-5-3-4-6-17-9/h8-9,16H,3-7H2,1-2H3,(H2,12,13). The van der Waals surface area contributed by atoms with Crippen molar-refractivity contribution in [2.75, 3.05) is 19.3 Å². The number of rotatable bonds is 4. The fraction of sp³-hybridized carbons (Fsp3) is 0.818. The summed E-state index contributed by atoms with van der Waals surface area (Å²) in [5.74, 6) is 1.27. The van der Waals surface area contributed by atoms with Crippen LogP contribution in [-0.2, 0) is 4.79 Å². The molecule has 0 aromatic rings. The molecule has 1 fully saturated rings. The Hall–Kier alpha value is -0.910. The third-order valence-electron chi connectivity index (χ3n) is 3.00. The van der Waals surface area contributed by atoms with Crippen molar-refractivity contribution in [3.8, 4) is 0 Å². The van der Waals surface area contributed by atoms with Gasteiger partial charge in [-0.15, -0.1) is 11.8 Å². The lowest BCUT2D eigenvalue weighted by atomic mass is 10.1. The third kappa shape index (κ3) is 4.11. The number of hydrogen-bond acceptors (Lipinski definition) is 4. The van der Waals surface area contributed by atoms with Crippen molar-refractivity contribution in [3.63, 3.8) is 0 Å². The summed E-state index contributed by atoms with van der Waals surface area (Å²) in [7, 11) is 1.78. The Bertz CT molecular complexity index is 290. The molecule has 0 saturated carbocycles. The molecule has 0 aliphatic carbocycles. The van der Waals surface area contributed by atoms with Gasteiger partial charge in [0.25, 0.3) is 0 Å². The van der Waals surface area contributed by atoms with Crippen LogP contribution in [0.1, 0.15) is 26.2 Å². The zero-order valence-corrected chi connectivity index (χ0v) is 11.2. The van der Waals surface area contributed by atoms with E-state index in [2.05, 4.69) is 5.16 Å². The molecule has 6 heteroatoms. The van der Waals surface area contributed by atoms with E-state index in [0.717, 1.165) is 18.6 Å². The number of thioether (sulfide) groups is 1. The fourth-order valence-corrected chi connectivity index (χ4v) is 3.19. The lowest BCUT2D eigenvalue weighted by Crippen LogP contribution is -2.41. The zero-order chi connectivity index (χ0) is 12.8. The van der Waals surface area contributed by atoms with Crippen molar-refractivity contribution in [2.24, 2.45) is 16.8 Å². The molecular formula is C11H21N3O2S. The minimum atomic E-state index is -0.123. The Morgan fingerprint density at radius 2 is 2.35 bits per heavy atom. The van der Waals surface area contributed by atoms with Gasteiger partial charge >= 0.3 is 0 Å². The predicted molar refractivity (Wildman–Crippen MR) is 70.3 cm³/mol. The number of nitrogens with two attached hydrogens (primary N) is 1. The smallest absolute Gasteiger partial charge is 0.235 e. The summed E-state index contributed by atoms with van der Waals surface area (Å²) >= 11 is 1.74. The first-order chi connectivity index (χ1) is 8.06. The van der Waals surface area contributed by atoms with E-state index >= 15 is 0 Å². The van der Waals surface area contributed by atoms with Crippen LogP contribution in [0.2, 0.25) is 0 Å². The van der Waals surface area contributed by atoms with Gasteiger partial charge in [0, 0.05) is 19.5 Å². The molecule has 0 aromatic heterocycles. The highest BCUT2D eigenvalue weighted by Gasteiger charge is 2.25. The van der Waals surface area contributed by atoms with Crippen molar-refractivity contribution in [1.82, 2.24) is 4.90 Å². The third-order valence-corrected chi connectivity index (χ3v) is 4.36. The molecule has 1 rings (SSSR count). The van der Waals surface area contributed by atoms with Gasteiger partial charge in [-0.25, -0.2) is 0 Å². The molecule has 3 N–H and O–H groups in total. The molecule has 0 aromatic carbocycles. The molecule has 0 radical (unpaired) electrons. The summed E-state index contributed by atoms with van der Waals surface area (Å²) in [6, 6.07) is 0. The highest BCUT2D eigenvalue weighted by Crippen LogP contribution is 2.26. The first kappa shape index (κ1) is 14.2. The Morgan fingerprint density at radius 3 is 2.88 bits per heavy atom. The minimum absolute atomic E-state index is 0.0910. The van der Waals surface area contributed by atoms with Gasteiger partial charge in [0.15, 0.2) is 0 Å². The summed E-state index contributed by atoms with van der Waals surface area (Å²) in [6.45, 7) is 2.33. The summed E-state index contributed by atoms with van der Waals surface area (Å²) in [5, 5.41) is 11.6. The average molecular weight is 259 g/mol. The lowest BCUT2D eigenvalue weighted by Gasteiger charge is -2.27. The van der Waals surface area contributed by atoms with E-state index in [1.807, 2.05) is 6.92 Å². The van der Waals surface area contributed by atoms with E-state index in [-0.39, 0.29) is 22.9 Å². The van der Waals surface area contributed by atoms with E-state index in [1.54, 1.807) is 23.7 Å². The van der Waals surface area contributed by atoms with Crippen molar-refractivity contribution in [3.05, 3.63) is 0 Å². The Balaban J connectivity index is 2.45. The van der Waals surface area contributed by atoms with Crippen LogP contribution in [0.15, 0.2) is 5.16 Å². The molecule has 2 atom stereocenters. The second kappa shape index (κ2) is 6.74. The average Bonchev–Trinajstić information content (AvgIpc) is 2.37. The molecule has 98 valence electrons. The van der Waals surface area contributed by atoms with Gasteiger partial charge in [-0.2, -0.15) is 0 Å². The second-order valence-electron chi connectivity index (χ2n) is 4.50. The number of carbonyl (C=O) groups is 1. The van der Waals surface area contributed by atoms with Gasteiger partial charge < -0.3 is 15.8 Å². The molecule has 1 aliphatic heterocycles. The van der Waals surface area contributed by atoms with Gasteiger partial charge in [0.05, 0.1) is 5.25 Å². The molecule has 2 unspecified atom stereocenters.